The fourth-order valence-corrected chi connectivity index (χ4v) is 1.23. The number of nitrogens with two attached hydrogens (primary N) is 1. The molecule has 0 radical (unpaired) electrons. The number of benzene rings is 1. The Hall–Kier alpha value is -0.510. The van der Waals surface area contributed by atoms with Crippen LogP contribution in [0.5, 0.6) is 0 Å². The van der Waals surface area contributed by atoms with Gasteiger partial charge in [0, 0.05) is 4.90 Å². The molecule has 2 nitrogen and oxygen atoms in total. The highest BCUT2D eigenvalue weighted by molar-refractivity contribution is 7.80. The summed E-state index contributed by atoms with van der Waals surface area (Å²) in [4.78, 5) is 0.828. The topological polar surface area (TPSA) is 46.2 Å². The van der Waals surface area contributed by atoms with Crippen LogP contribution in [0, 0.1) is 0 Å². The lowest BCUT2D eigenvalue weighted by molar-refractivity contribution is 0.267. The summed E-state index contributed by atoms with van der Waals surface area (Å²) < 4.78 is 0. The average molecular weight is 169 g/mol. The first-order valence-corrected chi connectivity index (χ1v) is 3.84. The van der Waals surface area contributed by atoms with E-state index in [1.54, 1.807) is 0 Å². The van der Waals surface area contributed by atoms with Crippen LogP contribution in [0.2, 0.25) is 0 Å². The van der Waals surface area contributed by atoms with Crippen LogP contribution >= 0.6 is 12.6 Å². The fourth-order valence-electron chi connectivity index (χ4n) is 0.899. The van der Waals surface area contributed by atoms with Crippen LogP contribution < -0.4 is 5.73 Å². The van der Waals surface area contributed by atoms with Crippen molar-refractivity contribution in [3.63, 3.8) is 0 Å². The zero-order valence-corrected chi connectivity index (χ0v) is 6.96. The van der Waals surface area contributed by atoms with Crippen LogP contribution in [0.25, 0.3) is 0 Å². The predicted octanol–water partition coefficient (Wildman–Crippen LogP) is 0.967. The molecule has 1 aromatic carbocycles. The van der Waals surface area contributed by atoms with Gasteiger partial charge in [-0.15, -0.1) is 12.6 Å². The number of rotatable bonds is 2. The van der Waals surface area contributed by atoms with Crippen LogP contribution in [0.3, 0.4) is 0 Å². The second-order valence-corrected chi connectivity index (χ2v) is 2.83. The summed E-state index contributed by atoms with van der Waals surface area (Å²) in [6, 6.07) is 7.17. The molecular weight excluding hydrogens is 158 g/mol. The molecule has 0 saturated heterocycles. The largest absolute Gasteiger partial charge is 0.394 e. The highest BCUT2D eigenvalue weighted by Crippen LogP contribution is 2.18. The standard InChI is InChI=1S/C8H11NOS/c9-7(5-10)6-3-1-2-4-8(6)11/h1-4,7,10-11H,5,9H2/t7-/m1/s1. The molecule has 0 amide bonds. The lowest BCUT2D eigenvalue weighted by Crippen LogP contribution is -2.14. The van der Waals surface area contributed by atoms with Crippen molar-refractivity contribution in [2.24, 2.45) is 5.73 Å². The van der Waals surface area contributed by atoms with Gasteiger partial charge in [-0.1, -0.05) is 18.2 Å². The Bertz CT molecular complexity index is 239. The Labute approximate surface area is 71.5 Å². The SMILES string of the molecule is N[C@H](CO)c1ccccc1S. The van der Waals surface area contributed by atoms with E-state index in [0.29, 0.717) is 0 Å². The normalized spacial score (nSPS) is 13.0. The highest BCUT2D eigenvalue weighted by Gasteiger charge is 2.05. The number of hydrogen-bond acceptors (Lipinski definition) is 3. The zero-order chi connectivity index (χ0) is 8.27. The molecule has 0 saturated carbocycles. The first-order valence-electron chi connectivity index (χ1n) is 3.40. The quantitative estimate of drug-likeness (QED) is 0.578. The van der Waals surface area contributed by atoms with Crippen LogP contribution in [0.15, 0.2) is 29.2 Å². The van der Waals surface area contributed by atoms with Gasteiger partial charge in [-0.3, -0.25) is 0 Å². The van der Waals surface area contributed by atoms with Gasteiger partial charge in [-0.05, 0) is 11.6 Å². The third-order valence-electron chi connectivity index (χ3n) is 1.53. The number of aliphatic hydroxyl groups is 1. The minimum atomic E-state index is -0.316. The monoisotopic (exact) mass is 169 g/mol. The molecule has 11 heavy (non-hydrogen) atoms. The van der Waals surface area contributed by atoms with Gasteiger partial charge in [0.15, 0.2) is 0 Å². The van der Waals surface area contributed by atoms with Gasteiger partial charge in [0.2, 0.25) is 0 Å². The Morgan fingerprint density at radius 1 is 1.45 bits per heavy atom. The molecular formula is C8H11NOS. The van der Waals surface area contributed by atoms with E-state index >= 15 is 0 Å². The highest BCUT2D eigenvalue weighted by atomic mass is 32.1. The zero-order valence-electron chi connectivity index (χ0n) is 6.07. The van der Waals surface area contributed by atoms with Crippen LogP contribution in [0.4, 0.5) is 0 Å². The minimum absolute atomic E-state index is 0.0441. The summed E-state index contributed by atoms with van der Waals surface area (Å²) in [7, 11) is 0. The van der Waals surface area contributed by atoms with Gasteiger partial charge in [-0.2, -0.15) is 0 Å². The second kappa shape index (κ2) is 3.76. The molecule has 0 unspecified atom stereocenters. The molecule has 0 bridgehead atoms. The summed E-state index contributed by atoms with van der Waals surface area (Å²) in [6.07, 6.45) is 0. The van der Waals surface area contributed by atoms with E-state index in [-0.39, 0.29) is 12.6 Å². The summed E-state index contributed by atoms with van der Waals surface area (Å²) in [5.41, 5.74) is 6.48. The lowest BCUT2D eigenvalue weighted by atomic mass is 10.1. The van der Waals surface area contributed by atoms with Crippen LogP contribution in [-0.2, 0) is 0 Å². The number of hydrogen-bond donors (Lipinski definition) is 3. The maximum atomic E-state index is 8.75. The molecule has 0 aliphatic heterocycles. The van der Waals surface area contributed by atoms with Gasteiger partial charge < -0.3 is 10.8 Å². The maximum Gasteiger partial charge on any atom is 0.0624 e. The van der Waals surface area contributed by atoms with E-state index in [2.05, 4.69) is 12.6 Å². The van der Waals surface area contributed by atoms with E-state index in [1.165, 1.54) is 0 Å². The molecule has 0 heterocycles. The Morgan fingerprint density at radius 3 is 2.64 bits per heavy atom. The molecule has 3 N–H and O–H groups in total. The van der Waals surface area contributed by atoms with Crippen molar-refractivity contribution in [1.82, 2.24) is 0 Å². The van der Waals surface area contributed by atoms with Crippen molar-refractivity contribution in [2.45, 2.75) is 10.9 Å². The molecule has 0 spiro atoms. The van der Waals surface area contributed by atoms with Crippen molar-refractivity contribution in [2.75, 3.05) is 6.61 Å². The van der Waals surface area contributed by atoms with Gasteiger partial charge in [0.25, 0.3) is 0 Å². The Morgan fingerprint density at radius 2 is 2.09 bits per heavy atom. The Kier molecular flexibility index (Phi) is 2.93. The molecule has 60 valence electrons. The molecule has 3 heteroatoms. The van der Waals surface area contributed by atoms with E-state index < -0.39 is 0 Å². The Balaban J connectivity index is 2.93. The average Bonchev–Trinajstić information content (AvgIpc) is 2.04. The van der Waals surface area contributed by atoms with Crippen LogP contribution in [-0.4, -0.2) is 11.7 Å². The number of thiol groups is 1. The van der Waals surface area contributed by atoms with E-state index in [9.17, 15) is 0 Å². The van der Waals surface area contributed by atoms with E-state index in [1.807, 2.05) is 24.3 Å². The smallest absolute Gasteiger partial charge is 0.0624 e. The van der Waals surface area contributed by atoms with Gasteiger partial charge in [0.05, 0.1) is 12.6 Å². The van der Waals surface area contributed by atoms with Gasteiger partial charge >= 0.3 is 0 Å². The van der Waals surface area contributed by atoms with Crippen LogP contribution in [0.1, 0.15) is 11.6 Å². The van der Waals surface area contributed by atoms with Crippen molar-refractivity contribution in [3.8, 4) is 0 Å². The molecule has 0 aliphatic carbocycles. The van der Waals surface area contributed by atoms with Gasteiger partial charge in [0.1, 0.15) is 0 Å². The number of aliphatic hydroxyl groups excluding tert-OH is 1. The summed E-state index contributed by atoms with van der Waals surface area (Å²) >= 11 is 4.20. The van der Waals surface area contributed by atoms with E-state index in [0.717, 1.165) is 10.5 Å². The summed E-state index contributed by atoms with van der Waals surface area (Å²) in [5.74, 6) is 0. The van der Waals surface area contributed by atoms with Gasteiger partial charge in [-0.25, -0.2) is 0 Å². The van der Waals surface area contributed by atoms with E-state index in [4.69, 9.17) is 10.8 Å². The minimum Gasteiger partial charge on any atom is -0.394 e. The predicted molar refractivity (Wildman–Crippen MR) is 47.7 cm³/mol. The lowest BCUT2D eigenvalue weighted by Gasteiger charge is -2.09. The molecule has 0 aromatic heterocycles. The summed E-state index contributed by atoms with van der Waals surface area (Å²) in [5, 5.41) is 8.75. The fraction of sp³-hybridized carbons (Fsp3) is 0.250. The maximum absolute atomic E-state index is 8.75. The molecule has 1 rings (SSSR count). The first kappa shape index (κ1) is 8.59. The first-order chi connectivity index (χ1) is 5.25. The molecule has 1 aromatic rings. The molecule has 0 aliphatic rings. The molecule has 1 atom stereocenters. The molecule has 0 fully saturated rings. The van der Waals surface area contributed by atoms with Crippen molar-refractivity contribution in [3.05, 3.63) is 29.8 Å². The second-order valence-electron chi connectivity index (χ2n) is 2.35. The van der Waals surface area contributed by atoms with Crippen molar-refractivity contribution >= 4 is 12.6 Å². The van der Waals surface area contributed by atoms with Crippen molar-refractivity contribution in [1.29, 1.82) is 0 Å². The summed E-state index contributed by atoms with van der Waals surface area (Å²) in [6.45, 7) is -0.0441. The third kappa shape index (κ3) is 1.96. The third-order valence-corrected chi connectivity index (χ3v) is 1.94. The van der Waals surface area contributed by atoms with Crippen molar-refractivity contribution < 1.29 is 5.11 Å².